The van der Waals surface area contributed by atoms with Gasteiger partial charge in [0.2, 0.25) is 6.29 Å². The van der Waals surface area contributed by atoms with Gasteiger partial charge in [-0.05, 0) is 49.4 Å². The van der Waals surface area contributed by atoms with Crippen LogP contribution in [0.15, 0.2) is 60.9 Å². The monoisotopic (exact) mass is 446 g/mol. The van der Waals surface area contributed by atoms with E-state index in [2.05, 4.69) is 15.0 Å². The van der Waals surface area contributed by atoms with Crippen LogP contribution in [0.2, 0.25) is 0 Å². The first-order valence-corrected chi connectivity index (χ1v) is 10.6. The topological polar surface area (TPSA) is 112 Å². The molecule has 4 aromatic rings. The van der Waals surface area contributed by atoms with E-state index >= 15 is 0 Å². The number of rotatable bonds is 5. The third-order valence-electron chi connectivity index (χ3n) is 5.22. The number of benzene rings is 1. The molecular weight excluding hydrogens is 423 g/mol. The fourth-order valence-corrected chi connectivity index (χ4v) is 3.57. The first kappa shape index (κ1) is 21.3. The van der Waals surface area contributed by atoms with Gasteiger partial charge in [0.05, 0.1) is 42.3 Å². The van der Waals surface area contributed by atoms with Crippen LogP contribution in [0, 0.1) is 5.82 Å². The number of hydrogen-bond donors (Lipinski definition) is 2. The summed E-state index contributed by atoms with van der Waals surface area (Å²) in [5.41, 5.74) is 9.06. The van der Waals surface area contributed by atoms with Gasteiger partial charge in [0.25, 0.3) is 0 Å². The summed E-state index contributed by atoms with van der Waals surface area (Å²) < 4.78 is 25.1. The fraction of sp³-hybridized carbons (Fsp3) is 0.250. The first-order valence-electron chi connectivity index (χ1n) is 10.6. The van der Waals surface area contributed by atoms with E-state index in [1.807, 2.05) is 25.1 Å². The molecule has 33 heavy (non-hydrogen) atoms. The summed E-state index contributed by atoms with van der Waals surface area (Å²) in [4.78, 5) is 21.5. The van der Waals surface area contributed by atoms with Crippen molar-refractivity contribution in [3.8, 4) is 22.6 Å². The van der Waals surface area contributed by atoms with Crippen LogP contribution in [0.4, 0.5) is 4.39 Å². The molecule has 1 aromatic carbocycles. The van der Waals surface area contributed by atoms with Gasteiger partial charge in [0, 0.05) is 23.7 Å². The predicted octanol–water partition coefficient (Wildman–Crippen LogP) is 3.42. The van der Waals surface area contributed by atoms with Crippen molar-refractivity contribution in [2.45, 2.75) is 25.2 Å². The maximum absolute atomic E-state index is 13.5. The highest BCUT2D eigenvalue weighted by Gasteiger charge is 2.32. The van der Waals surface area contributed by atoms with E-state index in [4.69, 9.17) is 25.2 Å². The van der Waals surface area contributed by atoms with Gasteiger partial charge in [-0.1, -0.05) is 6.07 Å². The molecule has 4 heterocycles. The van der Waals surface area contributed by atoms with E-state index in [-0.39, 0.29) is 5.82 Å². The van der Waals surface area contributed by atoms with Gasteiger partial charge in [0.15, 0.2) is 5.82 Å². The van der Waals surface area contributed by atoms with Crippen molar-refractivity contribution < 1.29 is 13.9 Å². The molecule has 1 saturated heterocycles. The molecule has 0 unspecified atom stereocenters. The van der Waals surface area contributed by atoms with E-state index in [0.29, 0.717) is 48.4 Å². The second-order valence-corrected chi connectivity index (χ2v) is 8.32. The molecule has 5 rings (SSSR count). The minimum absolute atomic E-state index is 0.322. The SMILES string of the molecule is CC1(N)COC(c2nc(-c3ccc(F)cc3)c(-c3ccnc(Cc4ccccn4)n3)[nH]2)OC1. The van der Waals surface area contributed by atoms with Crippen molar-refractivity contribution in [3.63, 3.8) is 0 Å². The summed E-state index contributed by atoms with van der Waals surface area (Å²) in [6.45, 7) is 2.54. The number of ether oxygens (including phenoxy) is 2. The number of nitrogens with two attached hydrogens (primary N) is 1. The van der Waals surface area contributed by atoms with Gasteiger partial charge in [-0.3, -0.25) is 4.98 Å². The maximum atomic E-state index is 13.5. The van der Waals surface area contributed by atoms with Crippen molar-refractivity contribution in [2.24, 2.45) is 5.73 Å². The van der Waals surface area contributed by atoms with E-state index in [1.165, 1.54) is 12.1 Å². The third-order valence-corrected chi connectivity index (χ3v) is 5.22. The highest BCUT2D eigenvalue weighted by molar-refractivity contribution is 5.76. The fourth-order valence-electron chi connectivity index (χ4n) is 3.57. The Morgan fingerprint density at radius 2 is 1.82 bits per heavy atom. The average molecular weight is 446 g/mol. The Balaban J connectivity index is 1.52. The number of nitrogens with one attached hydrogen (secondary N) is 1. The van der Waals surface area contributed by atoms with Crippen LogP contribution in [0.3, 0.4) is 0 Å². The molecule has 8 nitrogen and oxygen atoms in total. The smallest absolute Gasteiger partial charge is 0.217 e. The lowest BCUT2D eigenvalue weighted by atomic mass is 10.1. The van der Waals surface area contributed by atoms with Gasteiger partial charge < -0.3 is 20.2 Å². The predicted molar refractivity (Wildman–Crippen MR) is 119 cm³/mol. The summed E-state index contributed by atoms with van der Waals surface area (Å²) in [5, 5.41) is 0. The minimum atomic E-state index is -0.690. The zero-order valence-electron chi connectivity index (χ0n) is 18.0. The van der Waals surface area contributed by atoms with E-state index in [1.54, 1.807) is 30.6 Å². The number of halogens is 1. The molecule has 1 fully saturated rings. The van der Waals surface area contributed by atoms with Crippen molar-refractivity contribution in [1.82, 2.24) is 24.9 Å². The zero-order chi connectivity index (χ0) is 22.8. The molecule has 0 aliphatic carbocycles. The standard InChI is InChI=1S/C24H23FN6O2/c1-24(26)13-32-23(33-14-24)22-30-20(15-5-7-16(25)8-6-15)21(31-22)18-9-11-28-19(29-18)12-17-4-2-3-10-27-17/h2-11,23H,12-14,26H2,1H3,(H,30,31). The maximum Gasteiger partial charge on any atom is 0.217 e. The van der Waals surface area contributed by atoms with E-state index < -0.39 is 11.8 Å². The highest BCUT2D eigenvalue weighted by atomic mass is 19.1. The second-order valence-electron chi connectivity index (χ2n) is 8.32. The number of hydrogen-bond acceptors (Lipinski definition) is 7. The zero-order valence-corrected chi connectivity index (χ0v) is 18.0. The second kappa shape index (κ2) is 8.78. The Labute approximate surface area is 190 Å². The number of pyridine rings is 1. The highest BCUT2D eigenvalue weighted by Crippen LogP contribution is 2.33. The van der Waals surface area contributed by atoms with Crippen LogP contribution in [0.25, 0.3) is 22.6 Å². The lowest BCUT2D eigenvalue weighted by molar-refractivity contribution is -0.211. The Kier molecular flexibility index (Phi) is 5.67. The number of aromatic nitrogens is 5. The molecule has 3 aromatic heterocycles. The number of aromatic amines is 1. The molecule has 0 spiro atoms. The summed E-state index contributed by atoms with van der Waals surface area (Å²) in [6, 6.07) is 13.7. The molecule has 3 N–H and O–H groups in total. The lowest BCUT2D eigenvalue weighted by Gasteiger charge is -2.33. The van der Waals surface area contributed by atoms with Crippen LogP contribution in [-0.4, -0.2) is 43.7 Å². The summed E-state index contributed by atoms with van der Waals surface area (Å²) in [5.74, 6) is 0.790. The molecular formula is C24H23FN6O2. The quantitative estimate of drug-likeness (QED) is 0.483. The summed E-state index contributed by atoms with van der Waals surface area (Å²) in [6.07, 6.45) is 3.24. The van der Waals surface area contributed by atoms with E-state index in [0.717, 1.165) is 11.3 Å². The average Bonchev–Trinajstić information content (AvgIpc) is 3.26. The lowest BCUT2D eigenvalue weighted by Crippen LogP contribution is -2.50. The molecule has 1 aliphatic heterocycles. The number of H-pyrrole nitrogens is 1. The Bertz CT molecular complexity index is 1230. The van der Waals surface area contributed by atoms with Crippen molar-refractivity contribution >= 4 is 0 Å². The minimum Gasteiger partial charge on any atom is -0.344 e. The molecule has 168 valence electrons. The normalized spacial score (nSPS) is 20.6. The van der Waals surface area contributed by atoms with Crippen molar-refractivity contribution in [1.29, 1.82) is 0 Å². The van der Waals surface area contributed by atoms with Gasteiger partial charge >= 0.3 is 0 Å². The van der Waals surface area contributed by atoms with E-state index in [9.17, 15) is 4.39 Å². The molecule has 9 heteroatoms. The van der Waals surface area contributed by atoms with Crippen molar-refractivity contribution in [3.05, 3.63) is 84.1 Å². The van der Waals surface area contributed by atoms with Crippen LogP contribution >= 0.6 is 0 Å². The number of imidazole rings is 1. The summed E-state index contributed by atoms with van der Waals surface area (Å²) >= 11 is 0. The van der Waals surface area contributed by atoms with Crippen LogP contribution in [-0.2, 0) is 15.9 Å². The van der Waals surface area contributed by atoms with Crippen LogP contribution in [0.1, 0.15) is 30.6 Å². The molecule has 0 radical (unpaired) electrons. The Morgan fingerprint density at radius 3 is 2.55 bits per heavy atom. The van der Waals surface area contributed by atoms with Gasteiger partial charge in [0.1, 0.15) is 11.6 Å². The van der Waals surface area contributed by atoms with Crippen LogP contribution in [0.5, 0.6) is 0 Å². The first-order chi connectivity index (χ1) is 16.0. The summed E-state index contributed by atoms with van der Waals surface area (Å²) in [7, 11) is 0. The van der Waals surface area contributed by atoms with Crippen LogP contribution < -0.4 is 5.73 Å². The molecule has 0 amide bonds. The molecule has 1 aliphatic rings. The van der Waals surface area contributed by atoms with Crippen molar-refractivity contribution in [2.75, 3.05) is 13.2 Å². The van der Waals surface area contributed by atoms with Gasteiger partial charge in [-0.15, -0.1) is 0 Å². The van der Waals surface area contributed by atoms with Gasteiger partial charge in [-0.2, -0.15) is 0 Å². The Morgan fingerprint density at radius 1 is 1.03 bits per heavy atom. The third kappa shape index (κ3) is 4.80. The molecule has 0 atom stereocenters. The molecule has 0 saturated carbocycles. The van der Waals surface area contributed by atoms with Gasteiger partial charge in [-0.25, -0.2) is 19.3 Å². The number of nitrogens with zero attached hydrogens (tertiary/aromatic N) is 4. The Hall–Kier alpha value is -3.53. The molecule has 0 bridgehead atoms. The largest absolute Gasteiger partial charge is 0.344 e.